The van der Waals surface area contributed by atoms with Crippen LogP contribution in [0.5, 0.6) is 0 Å². The fraction of sp³-hybridized carbons (Fsp3) is 0.318. The number of hydrogen-bond acceptors (Lipinski definition) is 3. The second kappa shape index (κ2) is 8.79. The van der Waals surface area contributed by atoms with E-state index in [9.17, 15) is 0 Å². The fourth-order valence-electron chi connectivity index (χ4n) is 3.44. The van der Waals surface area contributed by atoms with Gasteiger partial charge in [-0.1, -0.05) is 60.7 Å². The fourth-order valence-corrected chi connectivity index (χ4v) is 3.44. The van der Waals surface area contributed by atoms with Crippen molar-refractivity contribution in [3.63, 3.8) is 0 Å². The lowest BCUT2D eigenvalue weighted by Crippen LogP contribution is -2.22. The zero-order valence-electron chi connectivity index (χ0n) is 15.5. The Labute approximate surface area is 155 Å². The molecule has 1 heterocycles. The molecule has 3 rings (SSSR count). The van der Waals surface area contributed by atoms with Crippen LogP contribution in [0, 0.1) is 13.8 Å². The third-order valence-corrected chi connectivity index (χ3v) is 4.90. The van der Waals surface area contributed by atoms with Crippen molar-refractivity contribution in [3.8, 4) is 0 Å². The lowest BCUT2D eigenvalue weighted by molar-refractivity contribution is 0.267. The van der Waals surface area contributed by atoms with Crippen LogP contribution in [0.3, 0.4) is 0 Å². The van der Waals surface area contributed by atoms with Gasteiger partial charge >= 0.3 is 0 Å². The molecular formula is C22H27N3O. The monoisotopic (exact) mass is 349 g/mol. The standard InChI is InChI=1S/C22H27N3O/c1-17-21(18(2)25(24-17)13-14-26)15-23-16-22(19-9-5-3-6-10-19)20-11-7-4-8-12-20/h3-12,22-23,26H,13-16H2,1-2H3. The molecule has 0 spiro atoms. The summed E-state index contributed by atoms with van der Waals surface area (Å²) in [6.07, 6.45) is 0. The minimum Gasteiger partial charge on any atom is -0.394 e. The average Bonchev–Trinajstić information content (AvgIpc) is 2.94. The first-order chi connectivity index (χ1) is 12.7. The molecule has 0 fully saturated rings. The number of aliphatic hydroxyl groups is 1. The van der Waals surface area contributed by atoms with Crippen molar-refractivity contribution in [3.05, 3.63) is 88.7 Å². The first kappa shape index (κ1) is 18.4. The summed E-state index contributed by atoms with van der Waals surface area (Å²) >= 11 is 0. The van der Waals surface area contributed by atoms with Crippen molar-refractivity contribution < 1.29 is 5.11 Å². The van der Waals surface area contributed by atoms with Crippen LogP contribution in [0.4, 0.5) is 0 Å². The first-order valence-corrected chi connectivity index (χ1v) is 9.15. The molecule has 0 amide bonds. The molecule has 0 radical (unpaired) electrons. The molecule has 0 saturated carbocycles. The molecule has 26 heavy (non-hydrogen) atoms. The predicted octanol–water partition coefficient (Wildman–Crippen LogP) is 3.41. The van der Waals surface area contributed by atoms with Crippen molar-refractivity contribution in [1.82, 2.24) is 15.1 Å². The van der Waals surface area contributed by atoms with Crippen LogP contribution in [0.25, 0.3) is 0 Å². The number of aromatic nitrogens is 2. The highest BCUT2D eigenvalue weighted by atomic mass is 16.3. The van der Waals surface area contributed by atoms with Gasteiger partial charge in [0.25, 0.3) is 0 Å². The molecule has 2 aromatic carbocycles. The summed E-state index contributed by atoms with van der Waals surface area (Å²) in [5.74, 6) is 0.311. The van der Waals surface area contributed by atoms with Gasteiger partial charge in [0.05, 0.1) is 18.8 Å². The summed E-state index contributed by atoms with van der Waals surface area (Å²) in [7, 11) is 0. The van der Waals surface area contributed by atoms with Gasteiger partial charge in [0.1, 0.15) is 0 Å². The van der Waals surface area contributed by atoms with Crippen LogP contribution in [0.2, 0.25) is 0 Å². The molecule has 0 aliphatic heterocycles. The Balaban J connectivity index is 1.73. The topological polar surface area (TPSA) is 50.1 Å². The van der Waals surface area contributed by atoms with E-state index in [1.54, 1.807) is 0 Å². The maximum atomic E-state index is 9.17. The van der Waals surface area contributed by atoms with Crippen LogP contribution < -0.4 is 5.32 Å². The Morgan fingerprint density at radius 3 is 2.08 bits per heavy atom. The number of benzene rings is 2. The van der Waals surface area contributed by atoms with Gasteiger partial charge in [-0.2, -0.15) is 5.10 Å². The van der Waals surface area contributed by atoms with Crippen molar-refractivity contribution in [2.75, 3.05) is 13.2 Å². The van der Waals surface area contributed by atoms with Gasteiger partial charge in [-0.3, -0.25) is 4.68 Å². The summed E-state index contributed by atoms with van der Waals surface area (Å²) in [6.45, 7) is 6.39. The van der Waals surface area contributed by atoms with Crippen LogP contribution in [-0.4, -0.2) is 28.0 Å². The lowest BCUT2D eigenvalue weighted by Gasteiger charge is -2.19. The summed E-state index contributed by atoms with van der Waals surface area (Å²) in [5, 5.41) is 17.3. The maximum absolute atomic E-state index is 9.17. The van der Waals surface area contributed by atoms with E-state index in [0.29, 0.717) is 12.5 Å². The van der Waals surface area contributed by atoms with Gasteiger partial charge in [0.2, 0.25) is 0 Å². The van der Waals surface area contributed by atoms with Crippen LogP contribution in [0.1, 0.15) is 34.0 Å². The highest BCUT2D eigenvalue weighted by Crippen LogP contribution is 2.24. The maximum Gasteiger partial charge on any atom is 0.0644 e. The van der Waals surface area contributed by atoms with Gasteiger partial charge in [-0.25, -0.2) is 0 Å². The molecular weight excluding hydrogens is 322 g/mol. The molecule has 0 aliphatic carbocycles. The Kier molecular flexibility index (Phi) is 6.21. The van der Waals surface area contributed by atoms with Crippen molar-refractivity contribution in [2.45, 2.75) is 32.9 Å². The molecule has 136 valence electrons. The van der Waals surface area contributed by atoms with Gasteiger partial charge < -0.3 is 10.4 Å². The van der Waals surface area contributed by atoms with Gasteiger partial charge in [-0.15, -0.1) is 0 Å². The molecule has 0 bridgehead atoms. The lowest BCUT2D eigenvalue weighted by atomic mass is 9.91. The summed E-state index contributed by atoms with van der Waals surface area (Å²) in [6, 6.07) is 21.3. The summed E-state index contributed by atoms with van der Waals surface area (Å²) in [4.78, 5) is 0. The Morgan fingerprint density at radius 1 is 0.962 bits per heavy atom. The van der Waals surface area contributed by atoms with E-state index in [2.05, 4.69) is 78.0 Å². The van der Waals surface area contributed by atoms with E-state index < -0.39 is 0 Å². The van der Waals surface area contributed by atoms with Crippen LogP contribution in [0.15, 0.2) is 60.7 Å². The molecule has 0 saturated heterocycles. The minimum absolute atomic E-state index is 0.110. The zero-order chi connectivity index (χ0) is 18.4. The molecule has 2 N–H and O–H groups in total. The van der Waals surface area contributed by atoms with Gasteiger partial charge in [0, 0.05) is 30.3 Å². The number of nitrogens with one attached hydrogen (secondary N) is 1. The highest BCUT2D eigenvalue weighted by molar-refractivity contribution is 5.33. The SMILES string of the molecule is Cc1nn(CCO)c(C)c1CNCC(c1ccccc1)c1ccccc1. The van der Waals surface area contributed by atoms with E-state index >= 15 is 0 Å². The minimum atomic E-state index is 0.110. The molecule has 3 aromatic rings. The van der Waals surface area contributed by atoms with Crippen LogP contribution in [-0.2, 0) is 13.1 Å². The molecule has 0 unspecified atom stereocenters. The second-order valence-electron chi connectivity index (χ2n) is 6.60. The Bertz CT molecular complexity index is 773. The van der Waals surface area contributed by atoms with Crippen LogP contribution >= 0.6 is 0 Å². The molecule has 4 heteroatoms. The van der Waals surface area contributed by atoms with E-state index in [-0.39, 0.29) is 6.61 Å². The van der Waals surface area contributed by atoms with Gasteiger partial charge in [0.15, 0.2) is 0 Å². The normalized spacial score (nSPS) is 11.2. The molecule has 0 aliphatic rings. The number of aliphatic hydroxyl groups excluding tert-OH is 1. The number of rotatable bonds is 8. The number of nitrogens with zero attached hydrogens (tertiary/aromatic N) is 2. The van der Waals surface area contributed by atoms with E-state index in [1.165, 1.54) is 16.7 Å². The summed E-state index contributed by atoms with van der Waals surface area (Å²) in [5.41, 5.74) is 6.00. The third-order valence-electron chi connectivity index (χ3n) is 4.90. The number of aryl methyl sites for hydroxylation is 1. The average molecular weight is 349 g/mol. The van der Waals surface area contributed by atoms with Crippen molar-refractivity contribution in [2.24, 2.45) is 0 Å². The Morgan fingerprint density at radius 2 is 1.54 bits per heavy atom. The quantitative estimate of drug-likeness (QED) is 0.655. The molecule has 4 nitrogen and oxygen atoms in total. The van der Waals surface area contributed by atoms with Gasteiger partial charge in [-0.05, 0) is 25.0 Å². The van der Waals surface area contributed by atoms with E-state index in [4.69, 9.17) is 5.11 Å². The van der Waals surface area contributed by atoms with E-state index in [0.717, 1.165) is 24.5 Å². The number of hydrogen-bond donors (Lipinski definition) is 2. The second-order valence-corrected chi connectivity index (χ2v) is 6.60. The smallest absolute Gasteiger partial charge is 0.0644 e. The third kappa shape index (κ3) is 4.21. The molecule has 1 aromatic heterocycles. The Hall–Kier alpha value is -2.43. The predicted molar refractivity (Wildman–Crippen MR) is 105 cm³/mol. The van der Waals surface area contributed by atoms with E-state index in [1.807, 2.05) is 11.6 Å². The molecule has 0 atom stereocenters. The van der Waals surface area contributed by atoms with Crippen molar-refractivity contribution in [1.29, 1.82) is 0 Å². The largest absolute Gasteiger partial charge is 0.394 e. The zero-order valence-corrected chi connectivity index (χ0v) is 15.5. The van der Waals surface area contributed by atoms with Crippen molar-refractivity contribution >= 4 is 0 Å². The highest BCUT2D eigenvalue weighted by Gasteiger charge is 2.15. The first-order valence-electron chi connectivity index (χ1n) is 9.15. The summed E-state index contributed by atoms with van der Waals surface area (Å²) < 4.78 is 1.89.